The van der Waals surface area contributed by atoms with Crippen molar-refractivity contribution in [2.45, 2.75) is 85.2 Å². The number of benzene rings is 2. The molecule has 0 fully saturated rings. The molecule has 0 aliphatic carbocycles. The van der Waals surface area contributed by atoms with E-state index < -0.39 is 0 Å². The van der Waals surface area contributed by atoms with E-state index in [9.17, 15) is 9.59 Å². The number of amides is 2. The monoisotopic (exact) mass is 592 g/mol. The van der Waals surface area contributed by atoms with Gasteiger partial charge in [0, 0.05) is 27.9 Å². The van der Waals surface area contributed by atoms with Crippen LogP contribution in [-0.4, -0.2) is 55.0 Å². The Hall–Kier alpha value is -3.32. The highest BCUT2D eigenvalue weighted by Gasteiger charge is 2.26. The Kier molecular flexibility index (Phi) is 13.4. The summed E-state index contributed by atoms with van der Waals surface area (Å²) in [7, 11) is 3.24. The van der Waals surface area contributed by atoms with Crippen LogP contribution in [0.3, 0.4) is 0 Å². The molecule has 0 aliphatic rings. The van der Waals surface area contributed by atoms with E-state index in [4.69, 9.17) is 9.47 Å². The van der Waals surface area contributed by atoms with Crippen LogP contribution in [0, 0.1) is 6.92 Å². The molecule has 2 amide bonds. The van der Waals surface area contributed by atoms with Crippen LogP contribution in [0.5, 0.6) is 11.5 Å². The Labute approximate surface area is 256 Å². The van der Waals surface area contributed by atoms with Gasteiger partial charge in [0.2, 0.25) is 5.91 Å². The molecule has 0 saturated carbocycles. The summed E-state index contributed by atoms with van der Waals surface area (Å²) in [6.45, 7) is 9.45. The average molecular weight is 593 g/mol. The van der Waals surface area contributed by atoms with E-state index in [1.165, 1.54) is 29.7 Å². The molecular weight excluding hydrogens is 544 g/mol. The van der Waals surface area contributed by atoms with Crippen molar-refractivity contribution in [1.82, 2.24) is 9.80 Å². The summed E-state index contributed by atoms with van der Waals surface area (Å²) in [4.78, 5) is 33.6. The zero-order chi connectivity index (χ0) is 30.5. The summed E-state index contributed by atoms with van der Waals surface area (Å²) >= 11 is 1.70. The van der Waals surface area contributed by atoms with E-state index in [2.05, 4.69) is 45.0 Å². The molecule has 0 spiro atoms. The smallest absolute Gasteiger partial charge is 0.254 e. The second-order valence-corrected chi connectivity index (χ2v) is 12.3. The third kappa shape index (κ3) is 9.62. The molecule has 1 aromatic heterocycles. The standard InChI is InChI=1S/C35H48N2O4S/c1-7-9-10-11-12-28-14-17-30(18-15-28)35(39)37(26(3)8-2)25-34(38)36(24-31-19-13-27(4)42-31)22-21-29-16-20-32(40-5)33(23-29)41-6/h13-20,23,26H,7-12,21-22,24-25H2,1-6H3. The normalized spacial score (nSPS) is 11.7. The maximum absolute atomic E-state index is 13.9. The van der Waals surface area contributed by atoms with Crippen molar-refractivity contribution in [1.29, 1.82) is 0 Å². The highest BCUT2D eigenvalue weighted by atomic mass is 32.1. The minimum atomic E-state index is -0.0953. The molecule has 6 nitrogen and oxygen atoms in total. The van der Waals surface area contributed by atoms with Crippen LogP contribution in [0.4, 0.5) is 0 Å². The molecule has 0 N–H and O–H groups in total. The minimum Gasteiger partial charge on any atom is -0.493 e. The molecule has 2 aromatic carbocycles. The maximum Gasteiger partial charge on any atom is 0.254 e. The largest absolute Gasteiger partial charge is 0.493 e. The predicted octanol–water partition coefficient (Wildman–Crippen LogP) is 7.71. The summed E-state index contributed by atoms with van der Waals surface area (Å²) in [6, 6.07) is 17.9. The van der Waals surface area contributed by atoms with E-state index >= 15 is 0 Å². The number of ether oxygens (including phenoxy) is 2. The highest BCUT2D eigenvalue weighted by Crippen LogP contribution is 2.28. The fraction of sp³-hybridized carbons (Fsp3) is 0.486. The third-order valence-electron chi connectivity index (χ3n) is 7.82. The number of methoxy groups -OCH3 is 2. The molecule has 1 atom stereocenters. The first kappa shape index (κ1) is 33.2. The lowest BCUT2D eigenvalue weighted by Crippen LogP contribution is -2.46. The molecule has 3 rings (SSSR count). The lowest BCUT2D eigenvalue weighted by molar-refractivity contribution is -0.132. The van der Waals surface area contributed by atoms with Crippen molar-refractivity contribution in [2.75, 3.05) is 27.3 Å². The Morgan fingerprint density at radius 1 is 0.857 bits per heavy atom. The number of carbonyl (C=O) groups is 2. The molecule has 1 heterocycles. The molecule has 0 bridgehead atoms. The van der Waals surface area contributed by atoms with Gasteiger partial charge in [-0.3, -0.25) is 9.59 Å². The Morgan fingerprint density at radius 3 is 2.19 bits per heavy atom. The molecule has 228 valence electrons. The predicted molar refractivity (Wildman–Crippen MR) is 173 cm³/mol. The molecule has 0 saturated heterocycles. The molecule has 3 aromatic rings. The molecule has 0 radical (unpaired) electrons. The summed E-state index contributed by atoms with van der Waals surface area (Å²) in [5.41, 5.74) is 2.94. The van der Waals surface area contributed by atoms with E-state index in [-0.39, 0.29) is 24.4 Å². The van der Waals surface area contributed by atoms with E-state index in [1.54, 1.807) is 30.5 Å². The fourth-order valence-corrected chi connectivity index (χ4v) is 5.89. The van der Waals surface area contributed by atoms with Crippen LogP contribution >= 0.6 is 11.3 Å². The van der Waals surface area contributed by atoms with Crippen LogP contribution in [-0.2, 0) is 24.2 Å². The Balaban J connectivity index is 1.76. The van der Waals surface area contributed by atoms with Gasteiger partial charge in [-0.25, -0.2) is 0 Å². The third-order valence-corrected chi connectivity index (χ3v) is 8.81. The number of hydrogen-bond acceptors (Lipinski definition) is 5. The maximum atomic E-state index is 13.9. The molecule has 7 heteroatoms. The van der Waals surface area contributed by atoms with Gasteiger partial charge in [-0.05, 0) is 87.1 Å². The van der Waals surface area contributed by atoms with Crippen LogP contribution in [0.2, 0.25) is 0 Å². The van der Waals surface area contributed by atoms with Crippen molar-refractivity contribution in [2.24, 2.45) is 0 Å². The van der Waals surface area contributed by atoms with Gasteiger partial charge in [-0.1, -0.05) is 51.3 Å². The number of unbranched alkanes of at least 4 members (excludes halogenated alkanes) is 3. The van der Waals surface area contributed by atoms with Crippen molar-refractivity contribution in [3.63, 3.8) is 0 Å². The van der Waals surface area contributed by atoms with Gasteiger partial charge in [-0.2, -0.15) is 0 Å². The van der Waals surface area contributed by atoms with E-state index in [1.807, 2.05) is 42.2 Å². The molecule has 0 aliphatic heterocycles. The number of rotatable bonds is 17. The van der Waals surface area contributed by atoms with Gasteiger partial charge in [0.25, 0.3) is 5.91 Å². The van der Waals surface area contributed by atoms with Crippen LogP contribution in [0.1, 0.15) is 84.1 Å². The zero-order valence-corrected chi connectivity index (χ0v) is 27.1. The van der Waals surface area contributed by atoms with Crippen LogP contribution in [0.25, 0.3) is 0 Å². The van der Waals surface area contributed by atoms with Gasteiger partial charge in [0.15, 0.2) is 11.5 Å². The number of hydrogen-bond donors (Lipinski definition) is 0. The lowest BCUT2D eigenvalue weighted by atomic mass is 10.0. The average Bonchev–Trinajstić information content (AvgIpc) is 3.43. The SMILES string of the molecule is CCCCCCc1ccc(C(=O)N(CC(=O)N(CCc2ccc(OC)c(OC)c2)Cc2ccc(C)s2)C(C)CC)cc1. The Bertz CT molecular complexity index is 1270. The van der Waals surface area contributed by atoms with E-state index in [0.29, 0.717) is 36.6 Å². The summed E-state index contributed by atoms with van der Waals surface area (Å²) < 4.78 is 10.9. The van der Waals surface area contributed by atoms with Gasteiger partial charge in [0.1, 0.15) is 6.54 Å². The van der Waals surface area contributed by atoms with Crippen LogP contribution < -0.4 is 9.47 Å². The molecular formula is C35H48N2O4S. The lowest BCUT2D eigenvalue weighted by Gasteiger charge is -2.31. The van der Waals surface area contributed by atoms with Crippen molar-refractivity contribution >= 4 is 23.2 Å². The summed E-state index contributed by atoms with van der Waals surface area (Å²) in [5, 5.41) is 0. The van der Waals surface area contributed by atoms with Crippen molar-refractivity contribution in [3.8, 4) is 11.5 Å². The fourth-order valence-electron chi connectivity index (χ4n) is 4.98. The first-order valence-electron chi connectivity index (χ1n) is 15.2. The van der Waals surface area contributed by atoms with Gasteiger partial charge in [0.05, 0.1) is 20.8 Å². The topological polar surface area (TPSA) is 59.1 Å². The molecule has 42 heavy (non-hydrogen) atoms. The zero-order valence-electron chi connectivity index (χ0n) is 26.3. The summed E-state index contributed by atoms with van der Waals surface area (Å²) in [5.74, 6) is 1.20. The van der Waals surface area contributed by atoms with E-state index in [0.717, 1.165) is 29.7 Å². The van der Waals surface area contributed by atoms with Gasteiger partial charge < -0.3 is 19.3 Å². The van der Waals surface area contributed by atoms with Crippen molar-refractivity contribution < 1.29 is 19.1 Å². The first-order valence-corrected chi connectivity index (χ1v) is 16.0. The quantitative estimate of drug-likeness (QED) is 0.151. The van der Waals surface area contributed by atoms with Gasteiger partial charge in [-0.15, -0.1) is 11.3 Å². The number of nitrogens with zero attached hydrogens (tertiary/aromatic N) is 2. The number of thiophene rings is 1. The van der Waals surface area contributed by atoms with Gasteiger partial charge >= 0.3 is 0 Å². The minimum absolute atomic E-state index is 0.0445. The number of aryl methyl sites for hydroxylation is 2. The molecule has 1 unspecified atom stereocenters. The van der Waals surface area contributed by atoms with Crippen LogP contribution in [0.15, 0.2) is 54.6 Å². The first-order chi connectivity index (χ1) is 20.3. The summed E-state index contributed by atoms with van der Waals surface area (Å²) in [6.07, 6.45) is 7.33. The second-order valence-electron chi connectivity index (χ2n) is 11.0. The number of carbonyl (C=O) groups excluding carboxylic acids is 2. The van der Waals surface area contributed by atoms with Crippen molar-refractivity contribution in [3.05, 3.63) is 81.0 Å². The Morgan fingerprint density at radius 2 is 1.57 bits per heavy atom. The second kappa shape index (κ2) is 17.0. The highest BCUT2D eigenvalue weighted by molar-refractivity contribution is 7.11.